The molecule has 1 atom stereocenters. The molecule has 0 saturated heterocycles. The van der Waals surface area contributed by atoms with Crippen LogP contribution in [0.5, 0.6) is 11.5 Å². The Morgan fingerprint density at radius 3 is 2.39 bits per heavy atom. The van der Waals surface area contributed by atoms with Crippen molar-refractivity contribution in [2.75, 3.05) is 7.11 Å². The van der Waals surface area contributed by atoms with Gasteiger partial charge < -0.3 is 19.9 Å². The predicted octanol–water partition coefficient (Wildman–Crippen LogP) is 6.86. The summed E-state index contributed by atoms with van der Waals surface area (Å²) in [6.45, 7) is 6.12. The molecular weight excluding hydrogens is 624 g/mol. The fraction of sp³-hybridized carbons (Fsp3) is 0.219. The van der Waals surface area contributed by atoms with Crippen LogP contribution < -0.4 is 19.6 Å². The number of nitrogens with zero attached hydrogens (tertiary/aromatic N) is 5. The van der Waals surface area contributed by atoms with Crippen LogP contribution in [0.4, 0.5) is 17.6 Å². The minimum atomic E-state index is -4.78. The topological polar surface area (TPSA) is 98.7 Å². The third-order valence-corrected chi connectivity index (χ3v) is 7.77. The number of aliphatic hydroxyl groups excluding tert-OH is 1. The second-order valence-corrected chi connectivity index (χ2v) is 11.2. The van der Waals surface area contributed by atoms with E-state index < -0.39 is 18.5 Å². The zero-order valence-electron chi connectivity index (χ0n) is 25.2. The fourth-order valence-corrected chi connectivity index (χ4v) is 5.47. The van der Waals surface area contributed by atoms with Crippen molar-refractivity contribution in [2.24, 2.45) is 4.99 Å². The van der Waals surface area contributed by atoms with Crippen molar-refractivity contribution in [3.63, 3.8) is 0 Å². The third kappa shape index (κ3) is 7.64. The highest BCUT2D eigenvalue weighted by atomic mass is 32.1. The van der Waals surface area contributed by atoms with Gasteiger partial charge >= 0.3 is 6.36 Å². The maximum Gasteiger partial charge on any atom is 0.573 e. The van der Waals surface area contributed by atoms with Gasteiger partial charge in [-0.2, -0.15) is 0 Å². The van der Waals surface area contributed by atoms with E-state index in [2.05, 4.69) is 39.0 Å². The number of benzene rings is 3. The Balaban J connectivity index is 1.28. The molecule has 1 unspecified atom stereocenters. The zero-order valence-corrected chi connectivity index (χ0v) is 26.0. The lowest BCUT2D eigenvalue weighted by Gasteiger charge is -2.17. The van der Waals surface area contributed by atoms with Gasteiger partial charge in [-0.3, -0.25) is 4.57 Å². The number of methoxy groups -OCH3 is 1. The van der Waals surface area contributed by atoms with Crippen molar-refractivity contribution in [2.45, 2.75) is 39.4 Å². The largest absolute Gasteiger partial charge is 0.573 e. The van der Waals surface area contributed by atoms with E-state index in [9.17, 15) is 18.3 Å². The number of hydrogen-bond donors (Lipinski definition) is 2. The first-order chi connectivity index (χ1) is 21.9. The number of nitrogens with one attached hydrogen (secondary N) is 1. The molecule has 0 saturated carbocycles. The Labute approximate surface area is 265 Å². The number of ether oxygens (including phenoxy) is 2. The molecule has 5 rings (SSSR count). The van der Waals surface area contributed by atoms with E-state index in [0.29, 0.717) is 27.6 Å². The molecule has 14 heteroatoms. The van der Waals surface area contributed by atoms with Gasteiger partial charge in [0, 0.05) is 34.5 Å². The summed E-state index contributed by atoms with van der Waals surface area (Å²) < 4.78 is 64.9. The van der Waals surface area contributed by atoms with Crippen molar-refractivity contribution in [3.8, 4) is 34.3 Å². The maximum absolute atomic E-state index is 15.0. The number of hydrogen-bond acceptors (Lipinski definition) is 8. The molecule has 0 aliphatic heterocycles. The quantitative estimate of drug-likeness (QED) is 0.126. The smallest absolute Gasteiger partial charge is 0.497 e. The molecule has 46 heavy (non-hydrogen) atoms. The molecular formula is C32H30F4N6O3S. The van der Waals surface area contributed by atoms with Gasteiger partial charge in [0.05, 0.1) is 18.5 Å². The van der Waals surface area contributed by atoms with Crippen molar-refractivity contribution in [1.29, 1.82) is 0 Å². The van der Waals surface area contributed by atoms with Gasteiger partial charge in [0.25, 0.3) is 0 Å². The van der Waals surface area contributed by atoms with Gasteiger partial charge in [0.1, 0.15) is 23.7 Å². The maximum atomic E-state index is 15.0. The second-order valence-electron chi connectivity index (χ2n) is 10.4. The van der Waals surface area contributed by atoms with Gasteiger partial charge in [-0.15, -0.1) is 29.6 Å². The highest BCUT2D eigenvalue weighted by molar-refractivity contribution is 7.07. The Morgan fingerprint density at radius 2 is 1.74 bits per heavy atom. The van der Waals surface area contributed by atoms with Crippen molar-refractivity contribution >= 4 is 17.2 Å². The van der Waals surface area contributed by atoms with Crippen molar-refractivity contribution < 1.29 is 32.1 Å². The average Bonchev–Trinajstić information content (AvgIpc) is 3.66. The molecule has 9 nitrogen and oxygen atoms in total. The minimum Gasteiger partial charge on any atom is -0.497 e. The van der Waals surface area contributed by atoms with Crippen molar-refractivity contribution in [1.82, 2.24) is 24.6 Å². The Morgan fingerprint density at radius 1 is 1.04 bits per heavy atom. The van der Waals surface area contributed by atoms with Crippen LogP contribution in [-0.4, -0.2) is 44.3 Å². The fourth-order valence-electron chi connectivity index (χ4n) is 4.58. The molecule has 3 aromatic carbocycles. The Bertz CT molecular complexity index is 1890. The molecule has 240 valence electrons. The molecule has 2 aromatic heterocycles. The van der Waals surface area contributed by atoms with Crippen LogP contribution in [0.15, 0.2) is 89.6 Å². The van der Waals surface area contributed by atoms with Crippen LogP contribution in [0.3, 0.4) is 0 Å². The summed E-state index contributed by atoms with van der Waals surface area (Å²) in [6, 6.07) is 17.3. The summed E-state index contributed by atoms with van der Waals surface area (Å²) in [5.74, 6) is 0.258. The van der Waals surface area contributed by atoms with E-state index in [1.807, 2.05) is 35.1 Å². The first-order valence-electron chi connectivity index (χ1n) is 14.0. The molecule has 0 aliphatic carbocycles. The molecule has 0 fully saturated rings. The van der Waals surface area contributed by atoms with E-state index >= 15 is 4.39 Å². The SMILES string of the molecule is COc1ccc(C(C)C)c(-n2c(C)cs/c2=N\C(O)N/C=C(\F)c2ccc(-c3ncn(-c4ccc(OC(F)(F)F)cc4)n3)cc2)c1. The lowest BCUT2D eigenvalue weighted by Crippen LogP contribution is -2.27. The first kappa shape index (κ1) is 32.4. The zero-order chi connectivity index (χ0) is 33.0. The van der Waals surface area contributed by atoms with E-state index in [1.165, 1.54) is 58.7 Å². The third-order valence-electron chi connectivity index (χ3n) is 6.82. The number of thiazole rings is 1. The van der Waals surface area contributed by atoms with E-state index in [-0.39, 0.29) is 17.2 Å². The molecule has 5 aromatic rings. The van der Waals surface area contributed by atoms with Crippen LogP contribution in [0.1, 0.15) is 36.6 Å². The average molecular weight is 655 g/mol. The van der Waals surface area contributed by atoms with E-state index in [0.717, 1.165) is 23.1 Å². The van der Waals surface area contributed by atoms with Crippen LogP contribution in [0, 0.1) is 6.92 Å². The number of aryl methyl sites for hydroxylation is 1. The van der Waals surface area contributed by atoms with Gasteiger partial charge in [0.15, 0.2) is 10.6 Å². The number of rotatable bonds is 10. The second kappa shape index (κ2) is 13.6. The summed E-state index contributed by atoms with van der Waals surface area (Å²) in [7, 11) is 1.60. The Kier molecular flexibility index (Phi) is 9.58. The lowest BCUT2D eigenvalue weighted by atomic mass is 10.0. The monoisotopic (exact) mass is 654 g/mol. The van der Waals surface area contributed by atoms with Crippen molar-refractivity contribution in [3.05, 3.63) is 106 Å². The lowest BCUT2D eigenvalue weighted by molar-refractivity contribution is -0.274. The number of alkyl halides is 3. The molecule has 0 radical (unpaired) electrons. The summed E-state index contributed by atoms with van der Waals surface area (Å²) >= 11 is 1.35. The molecule has 2 heterocycles. The minimum absolute atomic E-state index is 0.223. The van der Waals surface area contributed by atoms with Crippen LogP contribution >= 0.6 is 11.3 Å². The summed E-state index contributed by atoms with van der Waals surface area (Å²) in [4.78, 5) is 9.13. The first-order valence-corrected chi connectivity index (χ1v) is 14.9. The molecule has 0 amide bonds. The number of halogens is 4. The summed E-state index contributed by atoms with van der Waals surface area (Å²) in [5.41, 5.74) is 4.18. The summed E-state index contributed by atoms with van der Waals surface area (Å²) in [6.07, 6.45) is -3.76. The highest BCUT2D eigenvalue weighted by Gasteiger charge is 2.31. The predicted molar refractivity (Wildman–Crippen MR) is 166 cm³/mol. The van der Waals surface area contributed by atoms with E-state index in [1.54, 1.807) is 19.2 Å². The van der Waals surface area contributed by atoms with Gasteiger partial charge in [-0.25, -0.2) is 19.0 Å². The highest BCUT2D eigenvalue weighted by Crippen LogP contribution is 2.28. The summed E-state index contributed by atoms with van der Waals surface area (Å²) in [5, 5.41) is 19.5. The van der Waals surface area contributed by atoms with Crippen LogP contribution in [0.25, 0.3) is 28.6 Å². The van der Waals surface area contributed by atoms with Gasteiger partial charge in [0.2, 0.25) is 6.35 Å². The number of aliphatic hydroxyl groups is 1. The number of aromatic nitrogens is 4. The van der Waals surface area contributed by atoms with E-state index in [4.69, 9.17) is 4.74 Å². The molecule has 0 aliphatic rings. The molecule has 0 spiro atoms. The van der Waals surface area contributed by atoms with Gasteiger partial charge in [-0.1, -0.05) is 44.2 Å². The molecule has 0 bridgehead atoms. The molecule has 2 N–H and O–H groups in total. The standard InChI is InChI=1S/C32H30F4N6O3S/c1-19(2)26-14-13-25(44-4)15-28(26)42-20(3)17-46-31(42)39-30(43)37-16-27(33)21-5-7-22(8-6-21)29-38-18-41(40-29)23-9-11-24(12-10-23)45-32(34,35)36/h5-19,30,37,43H,1-4H3/b27-16-,39-31-. The van der Waals surface area contributed by atoms with Crippen LogP contribution in [0.2, 0.25) is 0 Å². The Hall–Kier alpha value is -4.95. The normalized spacial score (nSPS) is 13.3. The van der Waals surface area contributed by atoms with Gasteiger partial charge in [-0.05, 0) is 48.7 Å². The van der Waals surface area contributed by atoms with Crippen LogP contribution in [-0.2, 0) is 0 Å².